The minimum atomic E-state index is -3.39. The summed E-state index contributed by atoms with van der Waals surface area (Å²) in [6.07, 6.45) is 0.793. The molecule has 1 aromatic rings. The van der Waals surface area contributed by atoms with Crippen molar-refractivity contribution in [3.63, 3.8) is 0 Å². The van der Waals surface area contributed by atoms with Crippen LogP contribution in [-0.2, 0) is 21.2 Å². The van der Waals surface area contributed by atoms with Crippen LogP contribution in [0.5, 0.6) is 0 Å². The Kier molecular flexibility index (Phi) is 7.09. The van der Waals surface area contributed by atoms with Crippen LogP contribution >= 0.6 is 12.4 Å². The summed E-state index contributed by atoms with van der Waals surface area (Å²) < 4.78 is 31.8. The summed E-state index contributed by atoms with van der Waals surface area (Å²) in [7, 11) is -1.73. The zero-order chi connectivity index (χ0) is 14.6. The molecule has 0 bridgehead atoms. The van der Waals surface area contributed by atoms with Gasteiger partial charge in [0.2, 0.25) is 10.0 Å². The summed E-state index contributed by atoms with van der Waals surface area (Å²) in [6, 6.07) is 7.09. The Morgan fingerprint density at radius 2 is 2.00 bits per heavy atom. The Morgan fingerprint density at radius 3 is 2.57 bits per heavy atom. The van der Waals surface area contributed by atoms with Crippen molar-refractivity contribution in [1.29, 1.82) is 0 Å². The van der Waals surface area contributed by atoms with Crippen molar-refractivity contribution in [2.45, 2.75) is 24.3 Å². The number of sulfonamides is 1. The van der Waals surface area contributed by atoms with Crippen LogP contribution in [0.3, 0.4) is 0 Å². The van der Waals surface area contributed by atoms with Crippen molar-refractivity contribution in [2.24, 2.45) is 0 Å². The first-order valence-electron chi connectivity index (χ1n) is 6.86. The average Bonchev–Trinajstić information content (AvgIpc) is 2.46. The van der Waals surface area contributed by atoms with E-state index in [2.05, 4.69) is 5.32 Å². The van der Waals surface area contributed by atoms with Gasteiger partial charge in [0.25, 0.3) is 0 Å². The summed E-state index contributed by atoms with van der Waals surface area (Å²) >= 11 is 0. The van der Waals surface area contributed by atoms with E-state index in [1.807, 2.05) is 19.1 Å². The van der Waals surface area contributed by atoms with Gasteiger partial charge in [-0.05, 0) is 31.0 Å². The average molecular weight is 335 g/mol. The lowest BCUT2D eigenvalue weighted by molar-refractivity contribution is 0.202. The molecule has 0 aliphatic carbocycles. The van der Waals surface area contributed by atoms with E-state index in [0.717, 1.165) is 12.0 Å². The molecule has 21 heavy (non-hydrogen) atoms. The quantitative estimate of drug-likeness (QED) is 0.881. The van der Waals surface area contributed by atoms with E-state index in [0.29, 0.717) is 31.1 Å². The maximum atomic E-state index is 12.6. The molecule has 1 atom stereocenters. The van der Waals surface area contributed by atoms with Gasteiger partial charge in [-0.25, -0.2) is 8.42 Å². The van der Waals surface area contributed by atoms with Gasteiger partial charge >= 0.3 is 0 Å². The second-order valence-corrected chi connectivity index (χ2v) is 6.95. The minimum Gasteiger partial charge on any atom is -0.384 e. The summed E-state index contributed by atoms with van der Waals surface area (Å²) in [4.78, 5) is 0.368. The lowest BCUT2D eigenvalue weighted by Gasteiger charge is -2.32. The summed E-state index contributed by atoms with van der Waals surface area (Å²) in [6.45, 7) is 4.49. The minimum absolute atomic E-state index is 0. The fourth-order valence-electron chi connectivity index (χ4n) is 2.36. The molecule has 120 valence electrons. The molecule has 7 heteroatoms. The Bertz CT molecular complexity index is 534. The molecule has 0 saturated carbocycles. The third kappa shape index (κ3) is 4.40. The highest BCUT2D eigenvalue weighted by Gasteiger charge is 2.30. The van der Waals surface area contributed by atoms with Gasteiger partial charge in [-0.3, -0.25) is 0 Å². The number of methoxy groups -OCH3 is 1. The number of hydrogen-bond acceptors (Lipinski definition) is 4. The zero-order valence-corrected chi connectivity index (χ0v) is 14.0. The second-order valence-electron chi connectivity index (χ2n) is 5.06. The SMILES string of the molecule is COCCc1ccc(S(=O)(=O)N2CCNCC2C)cc1.Cl. The highest BCUT2D eigenvalue weighted by molar-refractivity contribution is 7.89. The molecule has 1 fully saturated rings. The van der Waals surface area contributed by atoms with Crippen LogP contribution in [0.4, 0.5) is 0 Å². The predicted octanol–water partition coefficient (Wildman–Crippen LogP) is 1.28. The van der Waals surface area contributed by atoms with Crippen molar-refractivity contribution in [1.82, 2.24) is 9.62 Å². The van der Waals surface area contributed by atoms with Crippen LogP contribution < -0.4 is 5.32 Å². The maximum absolute atomic E-state index is 12.6. The van der Waals surface area contributed by atoms with Gasteiger partial charge in [-0.1, -0.05) is 12.1 Å². The summed E-state index contributed by atoms with van der Waals surface area (Å²) in [5.74, 6) is 0. The van der Waals surface area contributed by atoms with Crippen LogP contribution in [0.1, 0.15) is 12.5 Å². The van der Waals surface area contributed by atoms with Crippen LogP contribution in [0.2, 0.25) is 0 Å². The fourth-order valence-corrected chi connectivity index (χ4v) is 3.99. The number of ether oxygens (including phenoxy) is 1. The molecular formula is C14H23ClN2O3S. The van der Waals surface area contributed by atoms with Crippen molar-refractivity contribution < 1.29 is 13.2 Å². The maximum Gasteiger partial charge on any atom is 0.243 e. The van der Waals surface area contributed by atoms with Gasteiger partial charge in [0, 0.05) is 32.8 Å². The van der Waals surface area contributed by atoms with Crippen LogP contribution in [0, 0.1) is 0 Å². The van der Waals surface area contributed by atoms with Crippen molar-refractivity contribution in [3.05, 3.63) is 29.8 Å². The lowest BCUT2D eigenvalue weighted by atomic mass is 10.2. The molecule has 0 radical (unpaired) electrons. The van der Waals surface area contributed by atoms with Crippen molar-refractivity contribution in [3.8, 4) is 0 Å². The third-order valence-corrected chi connectivity index (χ3v) is 5.59. The smallest absolute Gasteiger partial charge is 0.243 e. The van der Waals surface area contributed by atoms with E-state index < -0.39 is 10.0 Å². The number of hydrogen-bond donors (Lipinski definition) is 1. The Morgan fingerprint density at radius 1 is 1.33 bits per heavy atom. The molecular weight excluding hydrogens is 312 g/mol. The van der Waals surface area contributed by atoms with E-state index in [1.165, 1.54) is 0 Å². The van der Waals surface area contributed by atoms with Crippen molar-refractivity contribution >= 4 is 22.4 Å². The molecule has 1 N–H and O–H groups in total. The predicted molar refractivity (Wildman–Crippen MR) is 85.5 cm³/mol. The molecule has 1 saturated heterocycles. The van der Waals surface area contributed by atoms with Gasteiger partial charge < -0.3 is 10.1 Å². The van der Waals surface area contributed by atoms with E-state index in [9.17, 15) is 8.42 Å². The Labute approximate surface area is 133 Å². The Hall–Kier alpha value is -0.660. The van der Waals surface area contributed by atoms with Gasteiger partial charge in [0.1, 0.15) is 0 Å². The van der Waals surface area contributed by atoms with Gasteiger partial charge in [-0.15, -0.1) is 12.4 Å². The molecule has 0 spiro atoms. The number of rotatable bonds is 5. The summed E-state index contributed by atoms with van der Waals surface area (Å²) in [5, 5.41) is 3.20. The van der Waals surface area contributed by atoms with Crippen LogP contribution in [0.15, 0.2) is 29.2 Å². The molecule has 0 aromatic heterocycles. The molecule has 5 nitrogen and oxygen atoms in total. The van der Waals surface area contributed by atoms with E-state index in [-0.39, 0.29) is 18.4 Å². The number of nitrogens with zero attached hydrogens (tertiary/aromatic N) is 1. The van der Waals surface area contributed by atoms with E-state index >= 15 is 0 Å². The molecule has 1 aliphatic rings. The Balaban J connectivity index is 0.00000220. The highest BCUT2D eigenvalue weighted by atomic mass is 35.5. The third-order valence-electron chi connectivity index (χ3n) is 3.57. The first-order valence-corrected chi connectivity index (χ1v) is 8.30. The van der Waals surface area contributed by atoms with E-state index in [1.54, 1.807) is 23.5 Å². The van der Waals surface area contributed by atoms with Gasteiger partial charge in [0.15, 0.2) is 0 Å². The van der Waals surface area contributed by atoms with Crippen LogP contribution in [0.25, 0.3) is 0 Å². The molecule has 1 aliphatic heterocycles. The highest BCUT2D eigenvalue weighted by Crippen LogP contribution is 2.19. The molecule has 2 rings (SSSR count). The molecule has 1 unspecified atom stereocenters. The lowest BCUT2D eigenvalue weighted by Crippen LogP contribution is -2.52. The van der Waals surface area contributed by atoms with Crippen LogP contribution in [-0.4, -0.2) is 52.1 Å². The first-order chi connectivity index (χ1) is 9.55. The number of benzene rings is 1. The summed E-state index contributed by atoms with van der Waals surface area (Å²) in [5.41, 5.74) is 1.08. The van der Waals surface area contributed by atoms with E-state index in [4.69, 9.17) is 4.74 Å². The molecule has 1 aromatic carbocycles. The zero-order valence-electron chi connectivity index (χ0n) is 12.4. The van der Waals surface area contributed by atoms with Crippen molar-refractivity contribution in [2.75, 3.05) is 33.4 Å². The monoisotopic (exact) mass is 334 g/mol. The normalized spacial score (nSPS) is 20.0. The topological polar surface area (TPSA) is 58.6 Å². The largest absolute Gasteiger partial charge is 0.384 e. The fraction of sp³-hybridized carbons (Fsp3) is 0.571. The number of halogens is 1. The number of nitrogens with one attached hydrogen (secondary N) is 1. The second kappa shape index (κ2) is 8.10. The van der Waals surface area contributed by atoms with Gasteiger partial charge in [0.05, 0.1) is 11.5 Å². The molecule has 1 heterocycles. The standard InChI is InChI=1S/C14H22N2O3S.ClH/c1-12-11-15-8-9-16(12)20(17,18)14-5-3-13(4-6-14)7-10-19-2;/h3-6,12,15H,7-11H2,1-2H3;1H. The molecule has 0 amide bonds. The first kappa shape index (κ1) is 18.4. The number of piperazine rings is 1. The van der Waals surface area contributed by atoms with Gasteiger partial charge in [-0.2, -0.15) is 4.31 Å².